The molecule has 1 aliphatic carbocycles. The number of para-hydroxylation sites is 1. The number of H-pyrrole nitrogens is 1. The van der Waals surface area contributed by atoms with Crippen LogP contribution in [0.4, 0.5) is 5.69 Å². The Morgan fingerprint density at radius 2 is 1.93 bits per heavy atom. The fraction of sp³-hybridized carbons (Fsp3) is 0.391. The van der Waals surface area contributed by atoms with Crippen LogP contribution in [0, 0.1) is 0 Å². The number of carbonyl (C=O) groups excluding carboxylic acids is 1. The maximum atomic E-state index is 12.6. The number of pyridine rings is 1. The number of hydrogen-bond acceptors (Lipinski definition) is 3. The van der Waals surface area contributed by atoms with Gasteiger partial charge in [-0.1, -0.05) is 43.9 Å². The zero-order chi connectivity index (χ0) is 19.2. The van der Waals surface area contributed by atoms with Crippen LogP contribution < -0.4 is 10.6 Å². The first-order valence-electron chi connectivity index (χ1n) is 10.3. The second-order valence-corrected chi connectivity index (χ2v) is 7.66. The van der Waals surface area contributed by atoms with Crippen LogP contribution in [0.3, 0.4) is 0 Å². The van der Waals surface area contributed by atoms with Crippen LogP contribution in [-0.4, -0.2) is 28.5 Å². The molecular formula is C23H28N4O. The Balaban J connectivity index is 1.33. The lowest BCUT2D eigenvalue weighted by Crippen LogP contribution is -2.34. The topological polar surface area (TPSA) is 69.8 Å². The van der Waals surface area contributed by atoms with Crippen LogP contribution in [0.2, 0.25) is 0 Å². The van der Waals surface area contributed by atoms with E-state index in [1.165, 1.54) is 36.6 Å². The van der Waals surface area contributed by atoms with Gasteiger partial charge in [-0.15, -0.1) is 0 Å². The number of aromatic nitrogens is 2. The van der Waals surface area contributed by atoms with E-state index in [-0.39, 0.29) is 5.91 Å². The fourth-order valence-corrected chi connectivity index (χ4v) is 4.03. The van der Waals surface area contributed by atoms with E-state index in [1.807, 2.05) is 12.1 Å². The molecule has 0 atom stereocenters. The molecule has 1 amide bonds. The normalized spacial score (nSPS) is 15.3. The molecular weight excluding hydrogens is 348 g/mol. The molecule has 2 heterocycles. The van der Waals surface area contributed by atoms with E-state index in [2.05, 4.69) is 45.0 Å². The minimum Gasteiger partial charge on any atom is -0.383 e. The third-order valence-corrected chi connectivity index (χ3v) is 5.59. The lowest BCUT2D eigenvalue weighted by molar-refractivity contribution is 0.0933. The van der Waals surface area contributed by atoms with Gasteiger partial charge < -0.3 is 15.6 Å². The zero-order valence-electron chi connectivity index (χ0n) is 16.2. The second-order valence-electron chi connectivity index (χ2n) is 7.66. The number of hydrogen-bond donors (Lipinski definition) is 3. The highest BCUT2D eigenvalue weighted by Gasteiger charge is 2.16. The van der Waals surface area contributed by atoms with Crippen molar-refractivity contribution in [2.75, 3.05) is 11.9 Å². The van der Waals surface area contributed by atoms with Crippen molar-refractivity contribution in [1.82, 2.24) is 15.3 Å². The average molecular weight is 377 g/mol. The molecule has 0 unspecified atom stereocenters. The van der Waals surface area contributed by atoms with E-state index < -0.39 is 0 Å². The van der Waals surface area contributed by atoms with E-state index in [4.69, 9.17) is 0 Å². The monoisotopic (exact) mass is 376 g/mol. The molecule has 1 aliphatic rings. The van der Waals surface area contributed by atoms with Gasteiger partial charge in [0.1, 0.15) is 0 Å². The van der Waals surface area contributed by atoms with Crippen LogP contribution in [0.25, 0.3) is 10.9 Å². The number of aromatic amines is 1. The number of anilines is 1. The van der Waals surface area contributed by atoms with Crippen molar-refractivity contribution in [1.29, 1.82) is 0 Å². The van der Waals surface area contributed by atoms with Crippen LogP contribution in [0.1, 0.15) is 54.4 Å². The van der Waals surface area contributed by atoms with Crippen molar-refractivity contribution in [3.8, 4) is 0 Å². The molecule has 5 nitrogen and oxygen atoms in total. The summed E-state index contributed by atoms with van der Waals surface area (Å²) in [7, 11) is 0. The number of fused-ring (bicyclic) bond motifs is 1. The van der Waals surface area contributed by atoms with Gasteiger partial charge in [0.15, 0.2) is 0 Å². The Labute approximate surface area is 166 Å². The van der Waals surface area contributed by atoms with E-state index in [0.29, 0.717) is 11.6 Å². The third-order valence-electron chi connectivity index (χ3n) is 5.59. The first-order valence-corrected chi connectivity index (χ1v) is 10.3. The molecule has 0 aliphatic heterocycles. The highest BCUT2D eigenvalue weighted by Crippen LogP contribution is 2.19. The van der Waals surface area contributed by atoms with Crippen molar-refractivity contribution in [3.05, 3.63) is 60.0 Å². The summed E-state index contributed by atoms with van der Waals surface area (Å²) in [6.07, 6.45) is 13.5. The number of benzene rings is 1. The molecule has 1 saturated carbocycles. The smallest absolute Gasteiger partial charge is 0.253 e. The Kier molecular flexibility index (Phi) is 5.90. The van der Waals surface area contributed by atoms with Crippen molar-refractivity contribution >= 4 is 22.5 Å². The summed E-state index contributed by atoms with van der Waals surface area (Å²) in [5.74, 6) is -0.0142. The van der Waals surface area contributed by atoms with Gasteiger partial charge in [-0.05, 0) is 37.0 Å². The van der Waals surface area contributed by atoms with Crippen LogP contribution in [-0.2, 0) is 6.42 Å². The highest BCUT2D eigenvalue weighted by molar-refractivity contribution is 5.94. The molecule has 0 spiro atoms. The number of rotatable bonds is 6. The van der Waals surface area contributed by atoms with Crippen molar-refractivity contribution < 1.29 is 4.79 Å². The summed E-state index contributed by atoms with van der Waals surface area (Å²) in [5, 5.41) is 7.85. The largest absolute Gasteiger partial charge is 0.383 e. The van der Waals surface area contributed by atoms with Crippen molar-refractivity contribution in [2.24, 2.45) is 0 Å². The molecule has 0 saturated heterocycles. The molecule has 28 heavy (non-hydrogen) atoms. The SMILES string of the molecule is O=C(NC1CCCCCC1)c1cncc(NCCc2c[nH]c3ccccc23)c1. The fourth-order valence-electron chi connectivity index (χ4n) is 4.03. The van der Waals surface area contributed by atoms with Gasteiger partial charge in [0, 0.05) is 42.1 Å². The predicted molar refractivity (Wildman–Crippen MR) is 114 cm³/mol. The van der Waals surface area contributed by atoms with Crippen LogP contribution in [0.15, 0.2) is 48.9 Å². The first kappa shape index (κ1) is 18.5. The highest BCUT2D eigenvalue weighted by atomic mass is 16.1. The molecule has 1 fully saturated rings. The Morgan fingerprint density at radius 3 is 2.79 bits per heavy atom. The summed E-state index contributed by atoms with van der Waals surface area (Å²) in [5.41, 5.74) is 3.96. The van der Waals surface area contributed by atoms with E-state index >= 15 is 0 Å². The maximum absolute atomic E-state index is 12.6. The molecule has 1 aromatic carbocycles. The molecule has 146 valence electrons. The number of amides is 1. The van der Waals surface area contributed by atoms with Gasteiger partial charge in [-0.3, -0.25) is 9.78 Å². The summed E-state index contributed by atoms with van der Waals surface area (Å²) < 4.78 is 0. The van der Waals surface area contributed by atoms with Crippen molar-refractivity contribution in [3.63, 3.8) is 0 Å². The molecule has 3 N–H and O–H groups in total. The number of carbonyl (C=O) groups is 1. The summed E-state index contributed by atoms with van der Waals surface area (Å²) >= 11 is 0. The van der Waals surface area contributed by atoms with E-state index in [9.17, 15) is 4.79 Å². The summed E-state index contributed by atoms with van der Waals surface area (Å²) in [6, 6.07) is 10.5. The Bertz CT molecular complexity index is 925. The molecule has 0 bridgehead atoms. The number of nitrogens with one attached hydrogen (secondary N) is 3. The zero-order valence-corrected chi connectivity index (χ0v) is 16.2. The molecule has 4 rings (SSSR count). The minimum absolute atomic E-state index is 0.0142. The minimum atomic E-state index is -0.0142. The third kappa shape index (κ3) is 4.53. The lowest BCUT2D eigenvalue weighted by Gasteiger charge is -2.16. The van der Waals surface area contributed by atoms with Gasteiger partial charge in [0.05, 0.1) is 11.3 Å². The van der Waals surface area contributed by atoms with Crippen molar-refractivity contribution in [2.45, 2.75) is 51.0 Å². The van der Waals surface area contributed by atoms with Gasteiger partial charge in [0.2, 0.25) is 0 Å². The first-order chi connectivity index (χ1) is 13.8. The number of nitrogens with zero attached hydrogens (tertiary/aromatic N) is 1. The van der Waals surface area contributed by atoms with Gasteiger partial charge in [-0.2, -0.15) is 0 Å². The average Bonchev–Trinajstić information content (AvgIpc) is 2.95. The Hall–Kier alpha value is -2.82. The van der Waals surface area contributed by atoms with Crippen LogP contribution >= 0.6 is 0 Å². The summed E-state index contributed by atoms with van der Waals surface area (Å²) in [4.78, 5) is 20.2. The standard InChI is InChI=1S/C23H28N4O/c28-23(27-19-7-3-1-2-4-8-19)18-13-20(16-24-14-18)25-12-11-17-15-26-22-10-6-5-9-21(17)22/h5-6,9-10,13-16,19,25-26H,1-4,7-8,11-12H2,(H,27,28). The maximum Gasteiger partial charge on any atom is 0.253 e. The molecule has 0 radical (unpaired) electrons. The van der Waals surface area contributed by atoms with Crippen LogP contribution in [0.5, 0.6) is 0 Å². The summed E-state index contributed by atoms with van der Waals surface area (Å²) in [6.45, 7) is 0.789. The Morgan fingerprint density at radius 1 is 1.11 bits per heavy atom. The lowest BCUT2D eigenvalue weighted by atomic mass is 10.1. The van der Waals surface area contributed by atoms with E-state index in [0.717, 1.165) is 37.0 Å². The predicted octanol–water partition coefficient (Wildman–Crippen LogP) is 4.67. The molecule has 5 heteroatoms. The quantitative estimate of drug-likeness (QED) is 0.548. The van der Waals surface area contributed by atoms with Gasteiger partial charge in [0.25, 0.3) is 5.91 Å². The van der Waals surface area contributed by atoms with E-state index in [1.54, 1.807) is 12.4 Å². The van der Waals surface area contributed by atoms with Gasteiger partial charge in [-0.25, -0.2) is 0 Å². The van der Waals surface area contributed by atoms with Gasteiger partial charge >= 0.3 is 0 Å². The molecule has 2 aromatic heterocycles. The second kappa shape index (κ2) is 8.91. The molecule has 3 aromatic rings.